The number of esters is 1. The molecule has 0 amide bonds. The van der Waals surface area contributed by atoms with E-state index >= 15 is 0 Å². The van der Waals surface area contributed by atoms with E-state index in [2.05, 4.69) is 0 Å². The molecule has 1 unspecified atom stereocenters. The number of carboxylic acids is 1. The minimum Gasteiger partial charge on any atom is -0.489 e. The first-order chi connectivity index (χ1) is 10.6. The molecule has 22 heavy (non-hydrogen) atoms. The van der Waals surface area contributed by atoms with Crippen LogP contribution < -0.4 is 4.74 Å². The molecule has 1 N–H and O–H groups in total. The van der Waals surface area contributed by atoms with Gasteiger partial charge in [-0.05, 0) is 29.3 Å². The first kappa shape index (κ1) is 14.1. The second-order valence-electron chi connectivity index (χ2n) is 5.00. The van der Waals surface area contributed by atoms with Gasteiger partial charge < -0.3 is 14.6 Å². The van der Waals surface area contributed by atoms with Crippen LogP contribution in [0.1, 0.15) is 33.0 Å². The third-order valence-electron chi connectivity index (χ3n) is 3.74. The van der Waals surface area contributed by atoms with Crippen LogP contribution in [0.25, 0.3) is 0 Å². The molecular weight excluding hydrogens is 284 g/mol. The normalized spacial score (nSPS) is 15.8. The minimum absolute atomic E-state index is 0.296. The van der Waals surface area contributed by atoms with Gasteiger partial charge in [0.1, 0.15) is 18.3 Å². The molecule has 3 rings (SSSR count). The van der Waals surface area contributed by atoms with Crippen molar-refractivity contribution < 1.29 is 24.2 Å². The van der Waals surface area contributed by atoms with Gasteiger partial charge in [0.15, 0.2) is 0 Å². The number of methoxy groups -OCH3 is 1. The van der Waals surface area contributed by atoms with Crippen LogP contribution in [0.15, 0.2) is 42.5 Å². The van der Waals surface area contributed by atoms with Crippen molar-refractivity contribution >= 4 is 11.9 Å². The number of hydrogen-bond acceptors (Lipinski definition) is 4. The fourth-order valence-electron chi connectivity index (χ4n) is 2.69. The SMILES string of the molecule is COC(=O)c1ccc2c(c1)C(C(=O)O)c1ccccc1CO2. The van der Waals surface area contributed by atoms with E-state index in [-0.39, 0.29) is 0 Å². The summed E-state index contributed by atoms with van der Waals surface area (Å²) in [6.07, 6.45) is 0. The summed E-state index contributed by atoms with van der Waals surface area (Å²) < 4.78 is 10.4. The van der Waals surface area contributed by atoms with Crippen LogP contribution in [-0.4, -0.2) is 24.2 Å². The van der Waals surface area contributed by atoms with Crippen molar-refractivity contribution in [3.63, 3.8) is 0 Å². The Morgan fingerprint density at radius 1 is 1.18 bits per heavy atom. The van der Waals surface area contributed by atoms with E-state index in [4.69, 9.17) is 9.47 Å². The molecule has 0 saturated carbocycles. The molecule has 0 bridgehead atoms. The molecule has 0 fully saturated rings. The molecule has 0 radical (unpaired) electrons. The minimum atomic E-state index is -0.985. The van der Waals surface area contributed by atoms with Crippen molar-refractivity contribution in [2.45, 2.75) is 12.5 Å². The van der Waals surface area contributed by atoms with Crippen LogP contribution in [0.3, 0.4) is 0 Å². The fourth-order valence-corrected chi connectivity index (χ4v) is 2.69. The van der Waals surface area contributed by atoms with Crippen LogP contribution in [-0.2, 0) is 16.1 Å². The molecule has 5 heteroatoms. The topological polar surface area (TPSA) is 72.8 Å². The lowest BCUT2D eigenvalue weighted by atomic mass is 9.88. The van der Waals surface area contributed by atoms with Gasteiger partial charge in [-0.2, -0.15) is 0 Å². The van der Waals surface area contributed by atoms with Gasteiger partial charge in [0.05, 0.1) is 12.7 Å². The second kappa shape index (κ2) is 5.52. The highest BCUT2D eigenvalue weighted by atomic mass is 16.5. The quantitative estimate of drug-likeness (QED) is 0.863. The van der Waals surface area contributed by atoms with E-state index in [9.17, 15) is 14.7 Å². The number of hydrogen-bond donors (Lipinski definition) is 1. The first-order valence-corrected chi connectivity index (χ1v) is 6.77. The molecule has 1 aliphatic rings. The average molecular weight is 298 g/mol. The smallest absolute Gasteiger partial charge is 0.337 e. The number of aliphatic carboxylic acids is 1. The number of carboxylic acid groups (broad SMARTS) is 1. The van der Waals surface area contributed by atoms with Gasteiger partial charge in [-0.3, -0.25) is 4.79 Å². The Morgan fingerprint density at radius 2 is 1.95 bits per heavy atom. The zero-order chi connectivity index (χ0) is 15.7. The number of carbonyl (C=O) groups excluding carboxylic acids is 1. The molecule has 0 aliphatic carbocycles. The van der Waals surface area contributed by atoms with Gasteiger partial charge in [0.25, 0.3) is 0 Å². The number of benzene rings is 2. The summed E-state index contributed by atoms with van der Waals surface area (Å²) >= 11 is 0. The third-order valence-corrected chi connectivity index (χ3v) is 3.74. The van der Waals surface area contributed by atoms with Crippen molar-refractivity contribution in [2.75, 3.05) is 7.11 Å². The van der Waals surface area contributed by atoms with E-state index in [1.807, 2.05) is 12.1 Å². The van der Waals surface area contributed by atoms with Crippen molar-refractivity contribution in [1.82, 2.24) is 0 Å². The summed E-state index contributed by atoms with van der Waals surface area (Å²) in [5.74, 6) is -1.90. The Morgan fingerprint density at radius 3 is 2.68 bits per heavy atom. The van der Waals surface area contributed by atoms with E-state index in [0.717, 1.165) is 5.56 Å². The molecule has 0 spiro atoms. The van der Waals surface area contributed by atoms with Gasteiger partial charge in [0, 0.05) is 5.56 Å². The van der Waals surface area contributed by atoms with Crippen LogP contribution in [0.5, 0.6) is 5.75 Å². The van der Waals surface area contributed by atoms with Crippen molar-refractivity contribution in [1.29, 1.82) is 0 Å². The number of ether oxygens (including phenoxy) is 2. The highest BCUT2D eigenvalue weighted by Crippen LogP contribution is 2.38. The lowest BCUT2D eigenvalue weighted by Gasteiger charge is -2.15. The van der Waals surface area contributed by atoms with Crippen molar-refractivity contribution in [3.8, 4) is 5.75 Å². The van der Waals surface area contributed by atoms with E-state index in [0.29, 0.717) is 29.0 Å². The highest BCUT2D eigenvalue weighted by molar-refractivity contribution is 5.91. The molecule has 0 aromatic heterocycles. The molecule has 1 heterocycles. The van der Waals surface area contributed by atoms with E-state index < -0.39 is 17.9 Å². The Labute approximate surface area is 127 Å². The van der Waals surface area contributed by atoms with Gasteiger partial charge >= 0.3 is 11.9 Å². The lowest BCUT2D eigenvalue weighted by Crippen LogP contribution is -2.14. The van der Waals surface area contributed by atoms with Crippen LogP contribution >= 0.6 is 0 Å². The third kappa shape index (κ3) is 2.30. The molecule has 0 saturated heterocycles. The highest BCUT2D eigenvalue weighted by Gasteiger charge is 2.31. The molecule has 5 nitrogen and oxygen atoms in total. The van der Waals surface area contributed by atoms with Crippen LogP contribution in [0.2, 0.25) is 0 Å². The molecule has 112 valence electrons. The van der Waals surface area contributed by atoms with E-state index in [1.165, 1.54) is 13.2 Å². The number of fused-ring (bicyclic) bond motifs is 2. The predicted molar refractivity (Wildman–Crippen MR) is 78.0 cm³/mol. The average Bonchev–Trinajstić information content (AvgIpc) is 2.70. The second-order valence-corrected chi connectivity index (χ2v) is 5.00. The van der Waals surface area contributed by atoms with Crippen molar-refractivity contribution in [2.24, 2.45) is 0 Å². The first-order valence-electron chi connectivity index (χ1n) is 6.77. The summed E-state index contributed by atoms with van der Waals surface area (Å²) in [5.41, 5.74) is 2.26. The Balaban J connectivity index is 2.20. The van der Waals surface area contributed by atoms with Crippen LogP contribution in [0, 0.1) is 0 Å². The van der Waals surface area contributed by atoms with Crippen molar-refractivity contribution in [3.05, 3.63) is 64.7 Å². The monoisotopic (exact) mass is 298 g/mol. The molecule has 1 aliphatic heterocycles. The van der Waals surface area contributed by atoms with Crippen LogP contribution in [0.4, 0.5) is 0 Å². The summed E-state index contributed by atoms with van der Waals surface area (Å²) in [6, 6.07) is 12.0. The van der Waals surface area contributed by atoms with Gasteiger partial charge in [-0.25, -0.2) is 4.79 Å². The largest absolute Gasteiger partial charge is 0.489 e. The summed E-state index contributed by atoms with van der Waals surface area (Å²) in [7, 11) is 1.29. The maximum Gasteiger partial charge on any atom is 0.337 e. The zero-order valence-corrected chi connectivity index (χ0v) is 11.9. The fraction of sp³-hybridized carbons (Fsp3) is 0.176. The number of carbonyl (C=O) groups is 2. The molecule has 2 aromatic carbocycles. The molecular formula is C17H14O5. The van der Waals surface area contributed by atoms with E-state index in [1.54, 1.807) is 24.3 Å². The molecule has 2 aromatic rings. The maximum absolute atomic E-state index is 11.8. The maximum atomic E-state index is 11.8. The van der Waals surface area contributed by atoms with Gasteiger partial charge in [-0.15, -0.1) is 0 Å². The molecule has 1 atom stereocenters. The predicted octanol–water partition coefficient (Wildman–Crippen LogP) is 2.58. The zero-order valence-electron chi connectivity index (χ0n) is 11.9. The Hall–Kier alpha value is -2.82. The van der Waals surface area contributed by atoms with Gasteiger partial charge in [0.2, 0.25) is 0 Å². The Kier molecular flexibility index (Phi) is 3.55. The summed E-state index contributed by atoms with van der Waals surface area (Å²) in [6.45, 7) is 0.296. The van der Waals surface area contributed by atoms with Gasteiger partial charge in [-0.1, -0.05) is 24.3 Å². The summed E-state index contributed by atoms with van der Waals surface area (Å²) in [4.78, 5) is 23.5. The summed E-state index contributed by atoms with van der Waals surface area (Å²) in [5, 5.41) is 9.67. The number of rotatable bonds is 2. The Bertz CT molecular complexity index is 750. The standard InChI is InChI=1S/C17H14O5/c1-21-17(20)10-6-7-14-13(8-10)15(16(18)19)12-5-3-2-4-11(12)9-22-14/h2-8,15H,9H2,1H3,(H,18,19). The lowest BCUT2D eigenvalue weighted by molar-refractivity contribution is -0.137.